The number of likely N-dealkylation sites (tertiary alicyclic amines) is 1. The van der Waals surface area contributed by atoms with Gasteiger partial charge in [-0.2, -0.15) is 0 Å². The molecular formula is C43H52ClN3O10. The highest BCUT2D eigenvalue weighted by Crippen LogP contribution is 2.49. The maximum Gasteiger partial charge on any atom is 0.409 e. The smallest absolute Gasteiger partial charge is 0.409 e. The first-order chi connectivity index (χ1) is 27.0. The van der Waals surface area contributed by atoms with Crippen LogP contribution in [0.25, 0.3) is 5.57 Å². The summed E-state index contributed by atoms with van der Waals surface area (Å²) in [6.45, 7) is 11.7. The largest absolute Gasteiger partial charge is 0.495 e. The molecule has 4 aliphatic rings. The van der Waals surface area contributed by atoms with Gasteiger partial charge in [0.2, 0.25) is 5.91 Å². The lowest BCUT2D eigenvalue weighted by molar-refractivity contribution is -0.158. The molecule has 4 heterocycles. The van der Waals surface area contributed by atoms with Gasteiger partial charge in [0, 0.05) is 38.6 Å². The maximum atomic E-state index is 14.3. The third-order valence-electron chi connectivity index (χ3n) is 11.6. The lowest BCUT2D eigenvalue weighted by Crippen LogP contribution is -2.63. The molecule has 8 atom stereocenters. The number of fused-ring (bicyclic) bond motifs is 5. The predicted molar refractivity (Wildman–Crippen MR) is 214 cm³/mol. The number of aliphatic hydroxyl groups is 1. The molecule has 0 aromatic heterocycles. The van der Waals surface area contributed by atoms with Crippen LogP contribution in [0, 0.1) is 5.92 Å². The third-order valence-corrected chi connectivity index (χ3v) is 12.0. The van der Waals surface area contributed by atoms with Gasteiger partial charge in [-0.3, -0.25) is 14.9 Å². The lowest BCUT2D eigenvalue weighted by atomic mass is 9.83. The molecule has 2 aromatic carbocycles. The number of allylic oxidation sites excluding steroid dienone is 4. The molecular weight excluding hydrogens is 754 g/mol. The Bertz CT molecular complexity index is 1980. The van der Waals surface area contributed by atoms with Gasteiger partial charge in [0.25, 0.3) is 5.91 Å². The SMILES string of the molecule is C=C(C)c1ccc(C(=O)N2CCCC2C(=O)O[C@H]2CC(=O)N(C)c3cc(cc(OC)c3Cl)C/C(C)=C/C=C/[C@@H](OC)[C@@]3(O)C[C@H](OC(=O)N3)[C@@H](C)[C@@H]3O[C@@]23C)cc1. The van der Waals surface area contributed by atoms with E-state index in [0.717, 1.165) is 22.3 Å². The van der Waals surface area contributed by atoms with Crippen LogP contribution in [0.5, 0.6) is 5.75 Å². The first-order valence-corrected chi connectivity index (χ1v) is 19.5. The van der Waals surface area contributed by atoms with Gasteiger partial charge in [-0.25, -0.2) is 9.59 Å². The summed E-state index contributed by atoms with van der Waals surface area (Å²) >= 11 is 6.81. The number of benzene rings is 2. The fourth-order valence-electron chi connectivity index (χ4n) is 8.14. The Morgan fingerprint density at radius 3 is 2.49 bits per heavy atom. The molecule has 0 spiro atoms. The van der Waals surface area contributed by atoms with Crippen LogP contribution >= 0.6 is 11.6 Å². The van der Waals surface area contributed by atoms with Crippen LogP contribution < -0.4 is 15.0 Å². The monoisotopic (exact) mass is 805 g/mol. The zero-order valence-electron chi connectivity index (χ0n) is 33.5. The predicted octanol–water partition coefficient (Wildman–Crippen LogP) is 6.01. The standard InChI is InChI=1S/C43H52ClN3O10/c1-24(2)28-14-16-29(17-15-28)39(49)47-18-10-12-30(47)40(50)56-35-22-36(48)46(6)31-20-27(21-32(53-7)37(31)44)19-25(3)11-9-13-34(54-8)43(52)23-33(55-41(51)45-43)26(4)38-42(35,5)57-38/h9,11,13-17,20-21,26,30,33-35,38,52H,1,10,12,18-19,22-23H2,2-8H3,(H,45,51)/b13-9+,25-11+/t26-,30?,33+,34-,35+,38+,42+,43+/m1/s1. The number of esters is 1. The highest BCUT2D eigenvalue weighted by atomic mass is 35.5. The van der Waals surface area contributed by atoms with Crippen LogP contribution in [0.15, 0.2) is 66.8 Å². The zero-order valence-corrected chi connectivity index (χ0v) is 34.3. The minimum absolute atomic E-state index is 0.0515. The minimum Gasteiger partial charge on any atom is -0.495 e. The molecule has 1 unspecified atom stereocenters. The van der Waals surface area contributed by atoms with Crippen molar-refractivity contribution >= 4 is 46.7 Å². The summed E-state index contributed by atoms with van der Waals surface area (Å²) in [5.41, 5.74) is 1.27. The lowest BCUT2D eigenvalue weighted by Gasteiger charge is -2.42. The quantitative estimate of drug-likeness (QED) is 0.262. The van der Waals surface area contributed by atoms with Gasteiger partial charge >= 0.3 is 12.1 Å². The van der Waals surface area contributed by atoms with Crippen LogP contribution in [-0.2, 0) is 35.0 Å². The Morgan fingerprint density at radius 1 is 1.12 bits per heavy atom. The first kappa shape index (κ1) is 41.9. The van der Waals surface area contributed by atoms with Crippen molar-refractivity contribution < 1.29 is 48.0 Å². The number of nitrogens with zero attached hydrogens (tertiary/aromatic N) is 2. The summed E-state index contributed by atoms with van der Waals surface area (Å²) in [4.78, 5) is 58.1. The molecule has 14 heteroatoms. The van der Waals surface area contributed by atoms with Crippen LogP contribution in [0.1, 0.15) is 74.9 Å². The Kier molecular flexibility index (Phi) is 12.3. The number of methoxy groups -OCH3 is 2. The number of nitrogens with one attached hydrogen (secondary N) is 1. The Morgan fingerprint density at radius 2 is 1.82 bits per heavy atom. The second-order valence-corrected chi connectivity index (χ2v) is 16.1. The fraction of sp³-hybridized carbons (Fsp3) is 0.488. The molecule has 4 aliphatic heterocycles. The molecule has 57 heavy (non-hydrogen) atoms. The Labute approximate surface area is 338 Å². The molecule has 4 bridgehead atoms. The first-order valence-electron chi connectivity index (χ1n) is 19.2. The number of carbonyl (C=O) groups excluding carboxylic acids is 4. The molecule has 2 aromatic rings. The van der Waals surface area contributed by atoms with Crippen molar-refractivity contribution in [2.75, 3.05) is 32.7 Å². The Hall–Kier alpha value is -4.69. The molecule has 0 radical (unpaired) electrons. The van der Waals surface area contributed by atoms with Gasteiger partial charge in [-0.05, 0) is 75.4 Å². The van der Waals surface area contributed by atoms with E-state index < -0.39 is 65.7 Å². The van der Waals surface area contributed by atoms with E-state index in [0.29, 0.717) is 42.8 Å². The van der Waals surface area contributed by atoms with Crippen LogP contribution in [0.2, 0.25) is 5.02 Å². The molecule has 3 amide bonds. The maximum absolute atomic E-state index is 14.3. The number of halogens is 1. The van der Waals surface area contributed by atoms with E-state index in [1.165, 1.54) is 24.0 Å². The summed E-state index contributed by atoms with van der Waals surface area (Å²) in [5.74, 6) is -1.56. The number of hydrogen-bond donors (Lipinski definition) is 2. The number of epoxide rings is 1. The van der Waals surface area contributed by atoms with Crippen molar-refractivity contribution in [1.29, 1.82) is 0 Å². The summed E-state index contributed by atoms with van der Waals surface area (Å²) in [7, 11) is 4.52. The zero-order chi connectivity index (χ0) is 41.4. The van der Waals surface area contributed by atoms with Crippen molar-refractivity contribution in [3.05, 3.63) is 88.5 Å². The van der Waals surface area contributed by atoms with Gasteiger partial charge in [0.05, 0.1) is 25.3 Å². The molecule has 3 fully saturated rings. The van der Waals surface area contributed by atoms with Crippen LogP contribution in [0.3, 0.4) is 0 Å². The summed E-state index contributed by atoms with van der Waals surface area (Å²) in [5, 5.41) is 14.6. The molecule has 13 nitrogen and oxygen atoms in total. The highest BCUT2D eigenvalue weighted by molar-refractivity contribution is 6.35. The number of hydrogen-bond acceptors (Lipinski definition) is 10. The van der Waals surface area contributed by atoms with Crippen molar-refractivity contribution in [3.8, 4) is 5.75 Å². The Balaban J connectivity index is 1.35. The number of carbonyl (C=O) groups is 4. The second-order valence-electron chi connectivity index (χ2n) is 15.7. The van der Waals surface area contributed by atoms with Crippen molar-refractivity contribution in [1.82, 2.24) is 10.2 Å². The van der Waals surface area contributed by atoms with Crippen LogP contribution in [0.4, 0.5) is 10.5 Å². The molecule has 2 N–H and O–H groups in total. The average Bonchev–Trinajstić information content (AvgIpc) is 3.62. The number of alkyl carbamates (subject to hydrolysis) is 1. The number of anilines is 1. The van der Waals surface area contributed by atoms with Crippen molar-refractivity contribution in [2.45, 2.75) is 102 Å². The molecule has 0 aliphatic carbocycles. The molecule has 3 saturated heterocycles. The average molecular weight is 806 g/mol. The molecule has 0 saturated carbocycles. The van der Waals surface area contributed by atoms with E-state index in [-0.39, 0.29) is 23.8 Å². The number of ether oxygens (including phenoxy) is 5. The van der Waals surface area contributed by atoms with Gasteiger partial charge in [-0.15, -0.1) is 0 Å². The summed E-state index contributed by atoms with van der Waals surface area (Å²) in [6.07, 6.45) is 1.91. The highest BCUT2D eigenvalue weighted by Gasteiger charge is 2.64. The van der Waals surface area contributed by atoms with Crippen molar-refractivity contribution in [2.24, 2.45) is 5.92 Å². The third kappa shape index (κ3) is 8.62. The van der Waals surface area contributed by atoms with Crippen LogP contribution in [-0.4, -0.2) is 103 Å². The molecule has 306 valence electrons. The normalized spacial score (nSPS) is 31.9. The van der Waals surface area contributed by atoms with E-state index in [4.69, 9.17) is 35.3 Å². The fourth-order valence-corrected chi connectivity index (χ4v) is 8.46. The van der Waals surface area contributed by atoms with Gasteiger partial charge in [-0.1, -0.05) is 66.6 Å². The van der Waals surface area contributed by atoms with E-state index in [9.17, 15) is 24.3 Å². The summed E-state index contributed by atoms with van der Waals surface area (Å²) in [6, 6.07) is 9.77. The summed E-state index contributed by atoms with van der Waals surface area (Å²) < 4.78 is 29.6. The van der Waals surface area contributed by atoms with Crippen molar-refractivity contribution in [3.63, 3.8) is 0 Å². The van der Waals surface area contributed by atoms with Gasteiger partial charge < -0.3 is 38.6 Å². The number of rotatable bonds is 6. The van der Waals surface area contributed by atoms with E-state index in [1.807, 2.05) is 39.0 Å². The second kappa shape index (κ2) is 16.7. The van der Waals surface area contributed by atoms with Gasteiger partial charge in [0.1, 0.15) is 40.7 Å². The van der Waals surface area contributed by atoms with Gasteiger partial charge in [0.15, 0.2) is 5.72 Å². The minimum atomic E-state index is -1.83. The molecule has 6 rings (SSSR count). The topological polar surface area (TPSA) is 156 Å². The van der Waals surface area contributed by atoms with E-state index in [2.05, 4.69) is 11.9 Å². The van der Waals surface area contributed by atoms with E-state index in [1.54, 1.807) is 50.4 Å². The van der Waals surface area contributed by atoms with E-state index >= 15 is 0 Å². The number of amides is 3.